The molecule has 2 aromatic rings. The highest BCUT2D eigenvalue weighted by Crippen LogP contribution is 2.41. The summed E-state index contributed by atoms with van der Waals surface area (Å²) in [4.78, 5) is 25.6. The Morgan fingerprint density at radius 1 is 0.893 bits per heavy atom. The van der Waals surface area contributed by atoms with Gasteiger partial charge in [-0.15, -0.1) is 0 Å². The molecule has 0 saturated carbocycles. The summed E-state index contributed by atoms with van der Waals surface area (Å²) in [6, 6.07) is 12.1. The van der Waals surface area contributed by atoms with Gasteiger partial charge in [0.25, 0.3) is 0 Å². The average Bonchev–Trinajstić information content (AvgIpc) is 2.60. The Labute approximate surface area is 165 Å². The van der Waals surface area contributed by atoms with Gasteiger partial charge in [-0.1, -0.05) is 32.0 Å². The van der Waals surface area contributed by atoms with Crippen LogP contribution in [0.15, 0.2) is 42.5 Å². The number of carbonyl (C=O) groups excluding carboxylic acids is 2. The van der Waals surface area contributed by atoms with E-state index >= 15 is 0 Å². The quantitative estimate of drug-likeness (QED) is 0.607. The highest BCUT2D eigenvalue weighted by atomic mass is 16.6. The SMILES string of the molecule is CC(C)(c1ccc(O)cc1)c1ccc2c(c1)C(=O)OC(C)(C)C(C)(C)C(=O)O2. The second-order valence-electron chi connectivity index (χ2n) is 8.80. The Kier molecular flexibility index (Phi) is 4.53. The highest BCUT2D eigenvalue weighted by Gasteiger charge is 2.49. The maximum absolute atomic E-state index is 12.9. The number of aromatic hydroxyl groups is 1. The lowest BCUT2D eigenvalue weighted by Crippen LogP contribution is -2.51. The Balaban J connectivity index is 2.08. The molecule has 5 nitrogen and oxygen atoms in total. The van der Waals surface area contributed by atoms with Crippen LogP contribution in [0.4, 0.5) is 0 Å². The van der Waals surface area contributed by atoms with Crippen LogP contribution >= 0.6 is 0 Å². The molecule has 28 heavy (non-hydrogen) atoms. The van der Waals surface area contributed by atoms with Crippen LogP contribution in [0.2, 0.25) is 0 Å². The molecule has 1 heterocycles. The molecule has 1 aliphatic heterocycles. The Morgan fingerprint density at radius 3 is 2.07 bits per heavy atom. The molecule has 5 heteroatoms. The number of hydrogen-bond acceptors (Lipinski definition) is 5. The van der Waals surface area contributed by atoms with Gasteiger partial charge in [-0.05, 0) is 63.1 Å². The van der Waals surface area contributed by atoms with E-state index in [2.05, 4.69) is 0 Å². The lowest BCUT2D eigenvalue weighted by atomic mass is 9.76. The number of phenolic OH excluding ortho intramolecular Hbond substituents is 1. The topological polar surface area (TPSA) is 72.8 Å². The van der Waals surface area contributed by atoms with Gasteiger partial charge in [-0.2, -0.15) is 0 Å². The fourth-order valence-electron chi connectivity index (χ4n) is 3.10. The molecule has 148 valence electrons. The molecule has 1 aliphatic rings. The predicted octanol–water partition coefficient (Wildman–Crippen LogP) is 4.60. The lowest BCUT2D eigenvalue weighted by molar-refractivity contribution is -0.159. The summed E-state index contributed by atoms with van der Waals surface area (Å²) in [5.41, 5.74) is -0.401. The van der Waals surface area contributed by atoms with Crippen molar-refractivity contribution in [3.8, 4) is 11.5 Å². The molecule has 0 bridgehead atoms. The summed E-state index contributed by atoms with van der Waals surface area (Å²) >= 11 is 0. The van der Waals surface area contributed by atoms with Gasteiger partial charge in [0.05, 0.1) is 0 Å². The van der Waals surface area contributed by atoms with Crippen molar-refractivity contribution in [1.29, 1.82) is 0 Å². The summed E-state index contributed by atoms with van der Waals surface area (Å²) in [6.45, 7) is 10.9. The predicted molar refractivity (Wildman–Crippen MR) is 106 cm³/mol. The van der Waals surface area contributed by atoms with Gasteiger partial charge in [0.1, 0.15) is 28.1 Å². The summed E-state index contributed by atoms with van der Waals surface area (Å²) in [7, 11) is 0. The van der Waals surface area contributed by atoms with E-state index in [1.54, 1.807) is 52.0 Å². The summed E-state index contributed by atoms with van der Waals surface area (Å²) in [5.74, 6) is -0.581. The van der Waals surface area contributed by atoms with E-state index in [9.17, 15) is 14.7 Å². The van der Waals surface area contributed by atoms with E-state index in [1.165, 1.54) is 0 Å². The Morgan fingerprint density at radius 2 is 1.46 bits per heavy atom. The molecular weight excluding hydrogens is 356 g/mol. The van der Waals surface area contributed by atoms with Crippen LogP contribution in [0, 0.1) is 5.41 Å². The van der Waals surface area contributed by atoms with Gasteiger partial charge in [0.15, 0.2) is 0 Å². The third kappa shape index (κ3) is 3.15. The van der Waals surface area contributed by atoms with Crippen molar-refractivity contribution in [1.82, 2.24) is 0 Å². The van der Waals surface area contributed by atoms with Crippen LogP contribution in [0.25, 0.3) is 0 Å². The van der Waals surface area contributed by atoms with Gasteiger partial charge >= 0.3 is 11.9 Å². The zero-order chi connectivity index (χ0) is 20.9. The number of esters is 2. The first-order valence-electron chi connectivity index (χ1n) is 9.26. The van der Waals surface area contributed by atoms with Gasteiger partial charge in [0.2, 0.25) is 0 Å². The van der Waals surface area contributed by atoms with Gasteiger partial charge in [-0.3, -0.25) is 4.79 Å². The number of benzene rings is 2. The number of fused-ring (bicyclic) bond motifs is 1. The molecule has 0 fully saturated rings. The van der Waals surface area contributed by atoms with Crippen molar-refractivity contribution in [2.24, 2.45) is 5.41 Å². The zero-order valence-electron chi connectivity index (χ0n) is 17.1. The fourth-order valence-corrected chi connectivity index (χ4v) is 3.10. The molecule has 0 atom stereocenters. The third-order valence-electron chi connectivity index (χ3n) is 6.08. The van der Waals surface area contributed by atoms with Crippen LogP contribution in [-0.4, -0.2) is 22.6 Å². The molecule has 0 amide bonds. The van der Waals surface area contributed by atoms with Gasteiger partial charge in [-0.25, -0.2) is 4.79 Å². The average molecular weight is 382 g/mol. The number of ether oxygens (including phenoxy) is 2. The highest BCUT2D eigenvalue weighted by molar-refractivity contribution is 5.96. The minimum absolute atomic E-state index is 0.193. The van der Waals surface area contributed by atoms with Crippen molar-refractivity contribution in [3.63, 3.8) is 0 Å². The number of cyclic esters (lactones) is 1. The molecule has 0 radical (unpaired) electrons. The molecule has 0 aromatic heterocycles. The smallest absolute Gasteiger partial charge is 0.342 e. The van der Waals surface area contributed by atoms with Crippen molar-refractivity contribution < 1.29 is 24.2 Å². The number of carbonyl (C=O) groups is 2. The van der Waals surface area contributed by atoms with Crippen LogP contribution in [0.1, 0.15) is 63.0 Å². The standard InChI is InChI=1S/C23H26O5/c1-21(2,14-7-10-16(24)11-8-14)15-9-12-18-17(13-15)19(25)28-23(5,6)22(3,4)20(26)27-18/h7-13,24H,1-6H3. The molecular formula is C23H26O5. The van der Waals surface area contributed by atoms with Crippen LogP contribution in [0.3, 0.4) is 0 Å². The lowest BCUT2D eigenvalue weighted by Gasteiger charge is -2.40. The Bertz CT molecular complexity index is 936. The molecule has 1 N–H and O–H groups in total. The van der Waals surface area contributed by atoms with Crippen molar-refractivity contribution in [2.45, 2.75) is 52.6 Å². The molecule has 0 spiro atoms. The zero-order valence-corrected chi connectivity index (χ0v) is 17.1. The summed E-state index contributed by atoms with van der Waals surface area (Å²) < 4.78 is 11.3. The van der Waals surface area contributed by atoms with E-state index < -0.39 is 28.4 Å². The van der Waals surface area contributed by atoms with E-state index in [0.717, 1.165) is 11.1 Å². The van der Waals surface area contributed by atoms with Crippen molar-refractivity contribution in [2.75, 3.05) is 0 Å². The molecule has 2 aromatic carbocycles. The van der Waals surface area contributed by atoms with Crippen molar-refractivity contribution >= 4 is 11.9 Å². The first-order chi connectivity index (χ1) is 12.9. The summed E-state index contributed by atoms with van der Waals surface area (Å²) in [6.07, 6.45) is 0. The van der Waals surface area contributed by atoms with Gasteiger partial charge in [0, 0.05) is 5.41 Å². The van der Waals surface area contributed by atoms with E-state index in [0.29, 0.717) is 0 Å². The van der Waals surface area contributed by atoms with Crippen LogP contribution in [-0.2, 0) is 14.9 Å². The van der Waals surface area contributed by atoms with E-state index in [-0.39, 0.29) is 17.1 Å². The maximum atomic E-state index is 12.9. The third-order valence-corrected chi connectivity index (χ3v) is 6.08. The first kappa shape index (κ1) is 19.9. The second kappa shape index (κ2) is 6.36. The van der Waals surface area contributed by atoms with Crippen LogP contribution in [0.5, 0.6) is 11.5 Å². The molecule has 0 unspecified atom stereocenters. The molecule has 3 rings (SSSR count). The normalized spacial score (nSPS) is 18.4. The van der Waals surface area contributed by atoms with Crippen LogP contribution < -0.4 is 4.74 Å². The van der Waals surface area contributed by atoms with E-state index in [4.69, 9.17) is 9.47 Å². The minimum Gasteiger partial charge on any atom is -0.508 e. The number of hydrogen-bond donors (Lipinski definition) is 1. The van der Waals surface area contributed by atoms with Gasteiger partial charge < -0.3 is 14.6 Å². The molecule has 0 aliphatic carbocycles. The second-order valence-corrected chi connectivity index (χ2v) is 8.80. The monoisotopic (exact) mass is 382 g/mol. The minimum atomic E-state index is -1.03. The first-order valence-corrected chi connectivity index (χ1v) is 9.26. The summed E-state index contributed by atoms with van der Waals surface area (Å²) in [5, 5.41) is 9.55. The fraction of sp³-hybridized carbons (Fsp3) is 0.391. The van der Waals surface area contributed by atoms with E-state index in [1.807, 2.05) is 32.0 Å². The largest absolute Gasteiger partial charge is 0.508 e. The maximum Gasteiger partial charge on any atom is 0.342 e. The van der Waals surface area contributed by atoms with Crippen molar-refractivity contribution in [3.05, 3.63) is 59.2 Å². The Hall–Kier alpha value is -2.82. The number of rotatable bonds is 2. The molecule has 0 saturated heterocycles. The number of phenols is 1.